The van der Waals surface area contributed by atoms with Gasteiger partial charge in [0, 0.05) is 10.6 Å². The Labute approximate surface area is 145 Å². The summed E-state index contributed by atoms with van der Waals surface area (Å²) >= 11 is 0. The molecule has 0 aliphatic carbocycles. The van der Waals surface area contributed by atoms with Crippen LogP contribution in [0, 0.1) is 29.1 Å². The average Bonchev–Trinajstić information content (AvgIpc) is 2.69. The third-order valence-corrected chi connectivity index (χ3v) is 6.31. The van der Waals surface area contributed by atoms with Gasteiger partial charge in [-0.05, 0) is 24.3 Å². The van der Waals surface area contributed by atoms with Crippen LogP contribution in [0.2, 0.25) is 0 Å². The molecule has 3 aromatic rings. The fourth-order valence-electron chi connectivity index (χ4n) is 2.41. The van der Waals surface area contributed by atoms with E-state index < -0.39 is 42.1 Å². The quantitative estimate of drug-likeness (QED) is 0.306. The summed E-state index contributed by atoms with van der Waals surface area (Å²) in [6.45, 7) is 0. The van der Waals surface area contributed by atoms with Gasteiger partial charge < -0.3 is 5.09 Å². The zero-order valence-corrected chi connectivity index (χ0v) is 13.9. The molecule has 0 spiro atoms. The summed E-state index contributed by atoms with van der Waals surface area (Å²) in [6.07, 6.45) is 0. The molecule has 0 fully saturated rings. The van der Waals surface area contributed by atoms with Gasteiger partial charge in [-0.3, -0.25) is 4.57 Å². The second-order valence-corrected chi connectivity index (χ2v) is 7.81. The van der Waals surface area contributed by atoms with Crippen LogP contribution in [-0.4, -0.2) is 0 Å². The van der Waals surface area contributed by atoms with Crippen molar-refractivity contribution in [3.05, 3.63) is 89.7 Å². The van der Waals surface area contributed by atoms with Gasteiger partial charge in [-0.2, -0.15) is 0 Å². The summed E-state index contributed by atoms with van der Waals surface area (Å²) in [6, 6.07) is 15.2. The topological polar surface area (TPSA) is 29.1 Å². The van der Waals surface area contributed by atoms with Crippen LogP contribution < -0.4 is 15.7 Å². The minimum atomic E-state index is -3.94. The molecule has 0 radical (unpaired) electrons. The summed E-state index contributed by atoms with van der Waals surface area (Å²) in [5.41, 5.74) is -1.34. The number of nitrogens with one attached hydrogen (secondary N) is 1. The molecule has 0 aliphatic rings. The third-order valence-electron chi connectivity index (χ3n) is 3.72. The van der Waals surface area contributed by atoms with Gasteiger partial charge >= 0.3 is 0 Å². The summed E-state index contributed by atoms with van der Waals surface area (Å²) in [5, 5.41) is 2.39. The predicted molar refractivity (Wildman–Crippen MR) is 89.6 cm³/mol. The number of hydrogen-bond acceptors (Lipinski definition) is 1. The number of rotatable bonds is 4. The molecule has 2 nitrogen and oxygen atoms in total. The highest BCUT2D eigenvalue weighted by Crippen LogP contribution is 2.45. The first-order valence-electron chi connectivity index (χ1n) is 7.37. The van der Waals surface area contributed by atoms with Crippen molar-refractivity contribution in [1.29, 1.82) is 0 Å². The Morgan fingerprint density at radius 3 is 1.31 bits per heavy atom. The molecule has 0 aliphatic heterocycles. The first-order valence-corrected chi connectivity index (χ1v) is 9.08. The summed E-state index contributed by atoms with van der Waals surface area (Å²) in [7, 11) is -3.94. The predicted octanol–water partition coefficient (Wildman–Crippen LogP) is 4.72. The maximum absolute atomic E-state index is 14.1. The molecule has 3 aromatic carbocycles. The lowest BCUT2D eigenvalue weighted by molar-refractivity contribution is 0.382. The first-order chi connectivity index (χ1) is 12.4. The largest absolute Gasteiger partial charge is 0.324 e. The maximum atomic E-state index is 14.1. The van der Waals surface area contributed by atoms with Gasteiger partial charge in [-0.25, -0.2) is 22.0 Å². The molecule has 3 rings (SSSR count). The summed E-state index contributed by atoms with van der Waals surface area (Å²) < 4.78 is 82.0. The zero-order chi connectivity index (χ0) is 18.9. The van der Waals surface area contributed by atoms with Crippen LogP contribution >= 0.6 is 7.29 Å². The Balaban J connectivity index is 2.23. The van der Waals surface area contributed by atoms with Gasteiger partial charge in [0.15, 0.2) is 23.3 Å². The van der Waals surface area contributed by atoms with Crippen LogP contribution in [0.15, 0.2) is 60.7 Å². The first kappa shape index (κ1) is 18.1. The number of benzene rings is 3. The van der Waals surface area contributed by atoms with E-state index in [0.29, 0.717) is 0 Å². The molecule has 0 saturated heterocycles. The van der Waals surface area contributed by atoms with Crippen molar-refractivity contribution in [2.75, 3.05) is 5.09 Å². The van der Waals surface area contributed by atoms with E-state index in [0.717, 1.165) is 0 Å². The van der Waals surface area contributed by atoms with E-state index in [1.165, 1.54) is 24.3 Å². The van der Waals surface area contributed by atoms with Crippen molar-refractivity contribution in [2.24, 2.45) is 0 Å². The van der Waals surface area contributed by atoms with Crippen LogP contribution in [0.1, 0.15) is 0 Å². The molecule has 0 bridgehead atoms. The maximum Gasteiger partial charge on any atom is 0.227 e. The van der Waals surface area contributed by atoms with Gasteiger partial charge in [-0.1, -0.05) is 36.4 Å². The molecular weight excluding hydrogens is 372 g/mol. The molecule has 1 N–H and O–H groups in total. The van der Waals surface area contributed by atoms with E-state index in [9.17, 15) is 26.5 Å². The lowest BCUT2D eigenvalue weighted by Crippen LogP contribution is -2.23. The minimum Gasteiger partial charge on any atom is -0.324 e. The van der Waals surface area contributed by atoms with E-state index >= 15 is 0 Å². The van der Waals surface area contributed by atoms with Crippen molar-refractivity contribution >= 4 is 23.6 Å². The van der Waals surface area contributed by atoms with Gasteiger partial charge in [-0.15, -0.1) is 0 Å². The van der Waals surface area contributed by atoms with Crippen molar-refractivity contribution < 1.29 is 26.5 Å². The normalized spacial score (nSPS) is 11.4. The highest BCUT2D eigenvalue weighted by atomic mass is 31.2. The van der Waals surface area contributed by atoms with E-state index in [1.807, 2.05) is 0 Å². The van der Waals surface area contributed by atoms with Gasteiger partial charge in [0.05, 0.1) is 0 Å². The Hall–Kier alpha value is -2.66. The monoisotopic (exact) mass is 383 g/mol. The molecule has 0 unspecified atom stereocenters. The molecule has 0 heterocycles. The molecule has 8 heteroatoms. The Morgan fingerprint density at radius 1 is 0.577 bits per heavy atom. The van der Waals surface area contributed by atoms with E-state index in [-0.39, 0.29) is 10.6 Å². The second-order valence-electron chi connectivity index (χ2n) is 5.34. The third kappa shape index (κ3) is 2.99. The van der Waals surface area contributed by atoms with Crippen molar-refractivity contribution in [3.8, 4) is 0 Å². The standard InChI is InChI=1S/C18H11F5NOP/c19-13-14(20)16(22)18(17(23)15(13)21)24-26(25,11-7-3-1-4-8-11)12-9-5-2-6-10-12/h1-10H,(H,24,25). The van der Waals surface area contributed by atoms with Crippen LogP contribution in [-0.2, 0) is 4.57 Å². The van der Waals surface area contributed by atoms with E-state index in [4.69, 9.17) is 0 Å². The number of halogens is 5. The Kier molecular flexibility index (Phi) is 4.83. The summed E-state index contributed by atoms with van der Waals surface area (Å²) in [5.74, 6) is -10.7. The van der Waals surface area contributed by atoms with Crippen LogP contribution in [0.5, 0.6) is 0 Å². The van der Waals surface area contributed by atoms with E-state index in [2.05, 4.69) is 5.09 Å². The molecule has 26 heavy (non-hydrogen) atoms. The Morgan fingerprint density at radius 2 is 0.923 bits per heavy atom. The fraction of sp³-hybridized carbons (Fsp3) is 0. The number of anilines is 1. The lowest BCUT2D eigenvalue weighted by Gasteiger charge is -2.22. The SMILES string of the molecule is O=P(Nc1c(F)c(F)c(F)c(F)c1F)(c1ccccc1)c1ccccc1. The van der Waals surface area contributed by atoms with Crippen LogP contribution in [0.25, 0.3) is 0 Å². The molecule has 134 valence electrons. The number of hydrogen-bond donors (Lipinski definition) is 1. The molecular formula is C18H11F5NOP. The smallest absolute Gasteiger partial charge is 0.227 e. The van der Waals surface area contributed by atoms with Crippen molar-refractivity contribution in [3.63, 3.8) is 0 Å². The van der Waals surface area contributed by atoms with Gasteiger partial charge in [0.2, 0.25) is 13.1 Å². The highest BCUT2D eigenvalue weighted by molar-refractivity contribution is 7.80. The zero-order valence-electron chi connectivity index (χ0n) is 13.0. The van der Waals surface area contributed by atoms with E-state index in [1.54, 1.807) is 36.4 Å². The highest BCUT2D eigenvalue weighted by Gasteiger charge is 2.33. The second kappa shape index (κ2) is 6.92. The Bertz CT molecular complexity index is 923. The molecule has 0 amide bonds. The lowest BCUT2D eigenvalue weighted by atomic mass is 10.2. The average molecular weight is 383 g/mol. The van der Waals surface area contributed by atoms with Crippen molar-refractivity contribution in [2.45, 2.75) is 0 Å². The van der Waals surface area contributed by atoms with Crippen molar-refractivity contribution in [1.82, 2.24) is 0 Å². The van der Waals surface area contributed by atoms with Gasteiger partial charge in [0.25, 0.3) is 0 Å². The van der Waals surface area contributed by atoms with Crippen LogP contribution in [0.4, 0.5) is 27.6 Å². The molecule has 0 atom stereocenters. The summed E-state index contributed by atoms with van der Waals surface area (Å²) in [4.78, 5) is 0. The minimum absolute atomic E-state index is 0.148. The molecule has 0 aromatic heterocycles. The fourth-order valence-corrected chi connectivity index (χ4v) is 4.67. The van der Waals surface area contributed by atoms with Crippen LogP contribution in [0.3, 0.4) is 0 Å². The van der Waals surface area contributed by atoms with Gasteiger partial charge in [0.1, 0.15) is 5.69 Å². The molecule has 0 saturated carbocycles.